The van der Waals surface area contributed by atoms with E-state index in [4.69, 9.17) is 17.3 Å². The summed E-state index contributed by atoms with van der Waals surface area (Å²) in [6.07, 6.45) is 0. The lowest BCUT2D eigenvalue weighted by Gasteiger charge is -2.08. The maximum absolute atomic E-state index is 11.5. The van der Waals surface area contributed by atoms with Crippen LogP contribution in [0, 0.1) is 0 Å². The van der Waals surface area contributed by atoms with E-state index in [1.54, 1.807) is 18.2 Å². The maximum atomic E-state index is 11.5. The first-order chi connectivity index (χ1) is 9.11. The number of esters is 1. The predicted octanol–water partition coefficient (Wildman–Crippen LogP) is 3.86. The molecule has 2 aromatic carbocycles. The Kier molecular flexibility index (Phi) is 4.35. The van der Waals surface area contributed by atoms with Crippen LogP contribution in [-0.4, -0.2) is 13.1 Å². The molecule has 0 aliphatic heterocycles. The van der Waals surface area contributed by atoms with Gasteiger partial charge in [0.2, 0.25) is 0 Å². The molecule has 2 N–H and O–H groups in total. The summed E-state index contributed by atoms with van der Waals surface area (Å²) in [5.74, 6) is -0.388. The van der Waals surface area contributed by atoms with E-state index in [-0.39, 0.29) is 5.97 Å². The molecule has 0 aromatic heterocycles. The molecule has 98 valence electrons. The Balaban J connectivity index is 2.34. The van der Waals surface area contributed by atoms with Crippen molar-refractivity contribution in [1.82, 2.24) is 0 Å². The molecule has 3 nitrogen and oxygen atoms in total. The first-order valence-electron chi connectivity index (χ1n) is 5.52. The van der Waals surface area contributed by atoms with Crippen molar-refractivity contribution in [2.24, 2.45) is 0 Å². The molecule has 0 amide bonds. The van der Waals surface area contributed by atoms with E-state index in [9.17, 15) is 4.79 Å². The predicted molar refractivity (Wildman–Crippen MR) is 77.8 cm³/mol. The van der Waals surface area contributed by atoms with Crippen molar-refractivity contribution >= 4 is 35.0 Å². The van der Waals surface area contributed by atoms with Gasteiger partial charge in [-0.25, -0.2) is 4.79 Å². The summed E-state index contributed by atoms with van der Waals surface area (Å²) in [6.45, 7) is 0. The number of hydrogen-bond donors (Lipinski definition) is 1. The average molecular weight is 294 g/mol. The van der Waals surface area contributed by atoms with Crippen LogP contribution >= 0.6 is 23.4 Å². The minimum atomic E-state index is -0.388. The van der Waals surface area contributed by atoms with Crippen LogP contribution in [0.25, 0.3) is 0 Å². The Morgan fingerprint density at radius 1 is 1.21 bits per heavy atom. The van der Waals surface area contributed by atoms with E-state index in [2.05, 4.69) is 4.74 Å². The van der Waals surface area contributed by atoms with Gasteiger partial charge >= 0.3 is 5.97 Å². The lowest BCUT2D eigenvalue weighted by molar-refractivity contribution is 0.0600. The van der Waals surface area contributed by atoms with Gasteiger partial charge in [0, 0.05) is 15.5 Å². The molecule has 0 atom stereocenters. The van der Waals surface area contributed by atoms with Crippen LogP contribution in [0.3, 0.4) is 0 Å². The van der Waals surface area contributed by atoms with Gasteiger partial charge in [-0.2, -0.15) is 0 Å². The normalized spacial score (nSPS) is 10.2. The van der Waals surface area contributed by atoms with E-state index >= 15 is 0 Å². The van der Waals surface area contributed by atoms with Crippen LogP contribution in [-0.2, 0) is 4.74 Å². The number of rotatable bonds is 3. The quantitative estimate of drug-likeness (QED) is 0.689. The summed E-state index contributed by atoms with van der Waals surface area (Å²) in [5, 5.41) is 0.648. The number of benzene rings is 2. The van der Waals surface area contributed by atoms with Crippen LogP contribution in [0.2, 0.25) is 5.02 Å². The van der Waals surface area contributed by atoms with Gasteiger partial charge in [0.25, 0.3) is 0 Å². The van der Waals surface area contributed by atoms with Crippen molar-refractivity contribution in [3.05, 3.63) is 53.1 Å². The van der Waals surface area contributed by atoms with Gasteiger partial charge in [0.05, 0.1) is 17.7 Å². The molecule has 5 heteroatoms. The molecule has 0 unspecified atom stereocenters. The fourth-order valence-electron chi connectivity index (χ4n) is 1.51. The van der Waals surface area contributed by atoms with Crippen LogP contribution in [0.4, 0.5) is 5.69 Å². The zero-order valence-electron chi connectivity index (χ0n) is 10.2. The largest absolute Gasteiger partial charge is 0.465 e. The smallest absolute Gasteiger partial charge is 0.337 e. The third-order valence-corrected chi connectivity index (χ3v) is 4.08. The van der Waals surface area contributed by atoms with Crippen LogP contribution < -0.4 is 5.73 Å². The first kappa shape index (κ1) is 13.8. The SMILES string of the molecule is COC(=O)c1ccc(N)c(Sc2ccccc2Cl)c1. The van der Waals surface area contributed by atoms with E-state index in [1.807, 2.05) is 24.3 Å². The number of hydrogen-bond acceptors (Lipinski definition) is 4. The lowest BCUT2D eigenvalue weighted by Crippen LogP contribution is -2.02. The van der Waals surface area contributed by atoms with Gasteiger partial charge < -0.3 is 10.5 Å². The number of anilines is 1. The summed E-state index contributed by atoms with van der Waals surface area (Å²) >= 11 is 7.52. The first-order valence-corrected chi connectivity index (χ1v) is 6.71. The summed E-state index contributed by atoms with van der Waals surface area (Å²) in [5.41, 5.74) is 6.97. The molecule has 0 aliphatic carbocycles. The lowest BCUT2D eigenvalue weighted by atomic mass is 10.2. The molecule has 0 saturated heterocycles. The highest BCUT2D eigenvalue weighted by molar-refractivity contribution is 7.99. The molecule has 0 aliphatic rings. The summed E-state index contributed by atoms with van der Waals surface area (Å²) in [6, 6.07) is 12.5. The monoisotopic (exact) mass is 293 g/mol. The summed E-state index contributed by atoms with van der Waals surface area (Å²) < 4.78 is 4.69. The molecule has 0 spiro atoms. The molecule has 0 fully saturated rings. The Labute approximate surface area is 120 Å². The second-order valence-electron chi connectivity index (χ2n) is 3.78. The van der Waals surface area contributed by atoms with Crippen molar-refractivity contribution in [3.8, 4) is 0 Å². The van der Waals surface area contributed by atoms with Crippen LogP contribution in [0.1, 0.15) is 10.4 Å². The minimum absolute atomic E-state index is 0.388. The average Bonchev–Trinajstić information content (AvgIpc) is 2.42. The Bertz CT molecular complexity index is 616. The van der Waals surface area contributed by atoms with E-state index in [0.717, 1.165) is 9.79 Å². The molecule has 0 heterocycles. The highest BCUT2D eigenvalue weighted by Gasteiger charge is 2.10. The molecule has 0 saturated carbocycles. The van der Waals surface area contributed by atoms with Crippen molar-refractivity contribution in [2.75, 3.05) is 12.8 Å². The highest BCUT2D eigenvalue weighted by Crippen LogP contribution is 2.36. The molecule has 2 aromatic rings. The summed E-state index contributed by atoms with van der Waals surface area (Å²) in [4.78, 5) is 13.2. The zero-order chi connectivity index (χ0) is 13.8. The van der Waals surface area contributed by atoms with Crippen molar-refractivity contribution in [3.63, 3.8) is 0 Å². The Morgan fingerprint density at radius 3 is 2.63 bits per heavy atom. The van der Waals surface area contributed by atoms with E-state index < -0.39 is 0 Å². The maximum Gasteiger partial charge on any atom is 0.337 e. The second kappa shape index (κ2) is 5.99. The summed E-state index contributed by atoms with van der Waals surface area (Å²) in [7, 11) is 1.35. The fraction of sp³-hybridized carbons (Fsp3) is 0.0714. The molecule has 2 rings (SSSR count). The van der Waals surface area contributed by atoms with E-state index in [1.165, 1.54) is 18.9 Å². The van der Waals surface area contributed by atoms with Gasteiger partial charge in [-0.3, -0.25) is 0 Å². The molecular weight excluding hydrogens is 282 g/mol. The van der Waals surface area contributed by atoms with Crippen LogP contribution in [0.5, 0.6) is 0 Å². The van der Waals surface area contributed by atoms with Crippen LogP contribution in [0.15, 0.2) is 52.3 Å². The Hall–Kier alpha value is -1.65. The number of ether oxygens (including phenoxy) is 1. The zero-order valence-corrected chi connectivity index (χ0v) is 11.8. The number of nitrogen functional groups attached to an aromatic ring is 1. The van der Waals surface area contributed by atoms with Gasteiger partial charge in [-0.05, 0) is 30.3 Å². The number of carbonyl (C=O) groups is 1. The van der Waals surface area contributed by atoms with E-state index in [0.29, 0.717) is 16.3 Å². The van der Waals surface area contributed by atoms with Crippen molar-refractivity contribution < 1.29 is 9.53 Å². The molecule has 0 radical (unpaired) electrons. The molecule has 19 heavy (non-hydrogen) atoms. The topological polar surface area (TPSA) is 52.3 Å². The minimum Gasteiger partial charge on any atom is -0.465 e. The van der Waals surface area contributed by atoms with Gasteiger partial charge in [0.1, 0.15) is 0 Å². The number of carbonyl (C=O) groups excluding carboxylic acids is 1. The standard InChI is InChI=1S/C14H12ClNO2S/c1-18-14(17)9-6-7-11(16)13(8-9)19-12-5-3-2-4-10(12)15/h2-8H,16H2,1H3. The van der Waals surface area contributed by atoms with Gasteiger partial charge in [-0.1, -0.05) is 35.5 Å². The second-order valence-corrected chi connectivity index (χ2v) is 5.27. The molecular formula is C14H12ClNO2S. The number of methoxy groups -OCH3 is 1. The fourth-order valence-corrected chi connectivity index (χ4v) is 2.69. The third kappa shape index (κ3) is 3.22. The van der Waals surface area contributed by atoms with Gasteiger partial charge in [0.15, 0.2) is 0 Å². The number of halogens is 1. The third-order valence-electron chi connectivity index (χ3n) is 2.49. The Morgan fingerprint density at radius 2 is 1.95 bits per heavy atom. The highest BCUT2D eigenvalue weighted by atomic mass is 35.5. The van der Waals surface area contributed by atoms with Crippen molar-refractivity contribution in [2.45, 2.75) is 9.79 Å². The van der Waals surface area contributed by atoms with Gasteiger partial charge in [-0.15, -0.1) is 0 Å². The van der Waals surface area contributed by atoms with Crippen molar-refractivity contribution in [1.29, 1.82) is 0 Å². The number of nitrogens with two attached hydrogens (primary N) is 1. The molecule has 0 bridgehead atoms.